The summed E-state index contributed by atoms with van der Waals surface area (Å²) in [5, 5.41) is 10.4. The highest BCUT2D eigenvalue weighted by molar-refractivity contribution is 5.33. The van der Waals surface area contributed by atoms with Crippen LogP contribution in [0.5, 0.6) is 5.75 Å². The lowest BCUT2D eigenvalue weighted by Crippen LogP contribution is -2.31. The third kappa shape index (κ3) is 3.61. The number of rotatable bonds is 6. The molecule has 3 unspecified atom stereocenters. The molecule has 0 aromatic heterocycles. The molecule has 3 atom stereocenters. The van der Waals surface area contributed by atoms with Gasteiger partial charge in [-0.3, -0.25) is 0 Å². The van der Waals surface area contributed by atoms with E-state index < -0.39 is 11.7 Å². The first-order valence-electron chi connectivity index (χ1n) is 8.21. The topological polar surface area (TPSA) is 47.9 Å². The molecule has 0 amide bonds. The zero-order chi connectivity index (χ0) is 17.0. The second kappa shape index (κ2) is 7.34. The highest BCUT2D eigenvalue weighted by Crippen LogP contribution is 2.40. The molecule has 0 bridgehead atoms. The zero-order valence-corrected chi connectivity index (χ0v) is 14.1. The third-order valence-electron chi connectivity index (χ3n) is 4.68. The maximum atomic E-state index is 10.4. The highest BCUT2D eigenvalue weighted by atomic mass is 16.6. The fraction of sp³-hybridized carbons (Fsp3) is 0.400. The predicted octanol–water partition coefficient (Wildman–Crippen LogP) is 3.28. The van der Waals surface area contributed by atoms with E-state index in [0.717, 1.165) is 23.3 Å². The minimum atomic E-state index is -0.837. The Morgan fingerprint density at radius 2 is 1.83 bits per heavy atom. The summed E-state index contributed by atoms with van der Waals surface area (Å²) in [5.74, 6) is 0.804. The maximum absolute atomic E-state index is 10.4. The van der Waals surface area contributed by atoms with Crippen molar-refractivity contribution in [3.63, 3.8) is 0 Å². The van der Waals surface area contributed by atoms with Gasteiger partial charge >= 0.3 is 0 Å². The van der Waals surface area contributed by atoms with Crippen molar-refractivity contribution in [3.8, 4) is 5.75 Å². The number of aliphatic hydroxyl groups excluding tert-OH is 1. The van der Waals surface area contributed by atoms with Gasteiger partial charge in [0.1, 0.15) is 5.75 Å². The first-order valence-corrected chi connectivity index (χ1v) is 8.21. The van der Waals surface area contributed by atoms with E-state index in [1.54, 1.807) is 7.11 Å². The molecule has 4 heteroatoms. The molecule has 1 N–H and O–H groups in total. The van der Waals surface area contributed by atoms with Crippen molar-refractivity contribution in [3.05, 3.63) is 65.7 Å². The van der Waals surface area contributed by atoms with Crippen LogP contribution in [-0.4, -0.2) is 31.2 Å². The normalized spacial score (nSPS) is 26.5. The quantitative estimate of drug-likeness (QED) is 0.884. The molecule has 4 nitrogen and oxygen atoms in total. The highest BCUT2D eigenvalue weighted by Gasteiger charge is 2.45. The predicted molar refractivity (Wildman–Crippen MR) is 91.9 cm³/mol. The van der Waals surface area contributed by atoms with Crippen LogP contribution in [0, 0.1) is 0 Å². The van der Waals surface area contributed by atoms with Gasteiger partial charge in [-0.15, -0.1) is 0 Å². The lowest BCUT2D eigenvalue weighted by atomic mass is 9.79. The molecule has 2 aromatic rings. The van der Waals surface area contributed by atoms with Crippen LogP contribution in [0.25, 0.3) is 0 Å². The molecule has 24 heavy (non-hydrogen) atoms. The van der Waals surface area contributed by atoms with Gasteiger partial charge in [0, 0.05) is 5.41 Å². The van der Waals surface area contributed by atoms with Gasteiger partial charge in [-0.25, -0.2) is 0 Å². The first kappa shape index (κ1) is 17.0. The smallest absolute Gasteiger partial charge is 0.164 e. The molecule has 0 saturated carbocycles. The average Bonchev–Trinajstić information content (AvgIpc) is 2.91. The Morgan fingerprint density at radius 1 is 1.12 bits per heavy atom. The van der Waals surface area contributed by atoms with Crippen molar-refractivity contribution in [2.24, 2.45) is 0 Å². The van der Waals surface area contributed by atoms with Gasteiger partial charge in [0.05, 0.1) is 26.4 Å². The Kier molecular flexibility index (Phi) is 5.19. The molecule has 1 fully saturated rings. The van der Waals surface area contributed by atoms with Crippen LogP contribution in [0.1, 0.15) is 24.5 Å². The minimum absolute atomic E-state index is 0.115. The van der Waals surface area contributed by atoms with Crippen molar-refractivity contribution in [2.75, 3.05) is 13.7 Å². The Bertz CT molecular complexity index is 640. The van der Waals surface area contributed by atoms with E-state index in [1.807, 2.05) is 61.5 Å². The lowest BCUT2D eigenvalue weighted by molar-refractivity contribution is -0.127. The van der Waals surface area contributed by atoms with Crippen molar-refractivity contribution in [2.45, 2.75) is 37.8 Å². The molecule has 2 aromatic carbocycles. The maximum Gasteiger partial charge on any atom is 0.164 e. The molecule has 128 valence electrons. The van der Waals surface area contributed by atoms with Crippen molar-refractivity contribution >= 4 is 0 Å². The Hall–Kier alpha value is -1.88. The zero-order valence-electron chi connectivity index (χ0n) is 14.1. The minimum Gasteiger partial charge on any atom is -0.497 e. The van der Waals surface area contributed by atoms with E-state index in [0.29, 0.717) is 13.2 Å². The molecule has 0 spiro atoms. The molecular weight excluding hydrogens is 304 g/mol. The Labute approximate surface area is 143 Å². The molecule has 1 aliphatic heterocycles. The third-order valence-corrected chi connectivity index (χ3v) is 4.68. The van der Waals surface area contributed by atoms with Gasteiger partial charge in [0.15, 0.2) is 6.29 Å². The molecule has 0 radical (unpaired) electrons. The molecule has 3 rings (SSSR count). The van der Waals surface area contributed by atoms with E-state index in [9.17, 15) is 5.11 Å². The number of ether oxygens (including phenoxy) is 3. The van der Waals surface area contributed by atoms with Crippen molar-refractivity contribution in [1.82, 2.24) is 0 Å². The van der Waals surface area contributed by atoms with Crippen LogP contribution in [-0.2, 0) is 21.5 Å². The van der Waals surface area contributed by atoms with Gasteiger partial charge in [-0.05, 0) is 29.7 Å². The summed E-state index contributed by atoms with van der Waals surface area (Å²) >= 11 is 0. The van der Waals surface area contributed by atoms with Crippen molar-refractivity contribution in [1.29, 1.82) is 0 Å². The standard InChI is InChI=1S/C20H24O4/c1-20(16-8-10-17(22-2)11-9-16)12-18(24-19(20)21)14-23-13-15-6-4-3-5-7-15/h3-11,18-19,21H,12-14H2,1-2H3. The van der Waals surface area contributed by atoms with Crippen molar-refractivity contribution < 1.29 is 19.3 Å². The summed E-state index contributed by atoms with van der Waals surface area (Å²) in [5.41, 5.74) is 1.74. The van der Waals surface area contributed by atoms with E-state index in [4.69, 9.17) is 14.2 Å². The second-order valence-corrected chi connectivity index (χ2v) is 6.46. The lowest BCUT2D eigenvalue weighted by Gasteiger charge is -2.26. The van der Waals surface area contributed by atoms with Gasteiger partial charge in [0.2, 0.25) is 0 Å². The molecule has 1 heterocycles. The summed E-state index contributed by atoms with van der Waals surface area (Å²) < 4.78 is 16.7. The number of methoxy groups -OCH3 is 1. The number of hydrogen-bond acceptors (Lipinski definition) is 4. The fourth-order valence-corrected chi connectivity index (χ4v) is 3.17. The van der Waals surface area contributed by atoms with Crippen LogP contribution >= 0.6 is 0 Å². The SMILES string of the molecule is COc1ccc(C2(C)CC(COCc3ccccc3)OC2O)cc1. The fourth-order valence-electron chi connectivity index (χ4n) is 3.17. The summed E-state index contributed by atoms with van der Waals surface area (Å²) in [4.78, 5) is 0. The molecule has 1 aliphatic rings. The number of hydrogen-bond donors (Lipinski definition) is 1. The number of aliphatic hydroxyl groups is 1. The number of benzene rings is 2. The molecule has 0 aliphatic carbocycles. The summed E-state index contributed by atoms with van der Waals surface area (Å²) in [6.07, 6.45) is -0.234. The van der Waals surface area contributed by atoms with Gasteiger partial charge in [-0.1, -0.05) is 49.4 Å². The van der Waals surface area contributed by atoms with Crippen LogP contribution in [0.3, 0.4) is 0 Å². The van der Waals surface area contributed by atoms with E-state index in [-0.39, 0.29) is 6.10 Å². The monoisotopic (exact) mass is 328 g/mol. The summed E-state index contributed by atoms with van der Waals surface area (Å²) in [6, 6.07) is 17.8. The Morgan fingerprint density at radius 3 is 2.50 bits per heavy atom. The van der Waals surface area contributed by atoms with Crippen LogP contribution in [0.2, 0.25) is 0 Å². The second-order valence-electron chi connectivity index (χ2n) is 6.46. The largest absolute Gasteiger partial charge is 0.497 e. The van der Waals surface area contributed by atoms with E-state index in [2.05, 4.69) is 0 Å². The van der Waals surface area contributed by atoms with Gasteiger partial charge in [-0.2, -0.15) is 0 Å². The Balaban J connectivity index is 1.58. The van der Waals surface area contributed by atoms with Crippen LogP contribution < -0.4 is 4.74 Å². The van der Waals surface area contributed by atoms with Gasteiger partial charge < -0.3 is 19.3 Å². The van der Waals surface area contributed by atoms with E-state index >= 15 is 0 Å². The average molecular weight is 328 g/mol. The summed E-state index contributed by atoms with van der Waals surface area (Å²) in [7, 11) is 1.64. The van der Waals surface area contributed by atoms with E-state index in [1.165, 1.54) is 0 Å². The summed E-state index contributed by atoms with van der Waals surface area (Å²) in [6.45, 7) is 3.05. The molecular formula is C20H24O4. The first-order chi connectivity index (χ1) is 11.6. The van der Waals surface area contributed by atoms with Gasteiger partial charge in [0.25, 0.3) is 0 Å². The van der Waals surface area contributed by atoms with Crippen LogP contribution in [0.4, 0.5) is 0 Å². The van der Waals surface area contributed by atoms with Crippen LogP contribution in [0.15, 0.2) is 54.6 Å². The molecule has 1 saturated heterocycles.